The van der Waals surface area contributed by atoms with Crippen LogP contribution in [0.15, 0.2) is 24.4 Å². The Bertz CT molecular complexity index is 309. The van der Waals surface area contributed by atoms with Crippen molar-refractivity contribution in [3.8, 4) is 0 Å². The first-order valence-corrected chi connectivity index (χ1v) is 4.25. The van der Waals surface area contributed by atoms with Crippen molar-refractivity contribution in [1.29, 1.82) is 0 Å². The summed E-state index contributed by atoms with van der Waals surface area (Å²) in [6.07, 6.45) is 6.60. The number of aromatic amines is 1. The molecule has 0 saturated heterocycles. The number of ketones is 1. The molecule has 62 valence electrons. The molecule has 1 N–H and O–H groups in total. The Kier molecular flexibility index (Phi) is 1.82. The molecule has 0 aromatic carbocycles. The van der Waals surface area contributed by atoms with Crippen molar-refractivity contribution < 1.29 is 4.79 Å². The molecule has 0 aliphatic heterocycles. The summed E-state index contributed by atoms with van der Waals surface area (Å²) in [7, 11) is 0. The number of rotatable bonds is 1. The first kappa shape index (κ1) is 7.35. The maximum absolute atomic E-state index is 11.4. The van der Waals surface area contributed by atoms with E-state index in [-0.39, 0.29) is 5.78 Å². The van der Waals surface area contributed by atoms with Crippen molar-refractivity contribution in [3.63, 3.8) is 0 Å². The third kappa shape index (κ3) is 1.20. The molecule has 1 aromatic rings. The SMILES string of the molecule is O=C1CCCC=C1c1ccc[nH]1. The van der Waals surface area contributed by atoms with Crippen LogP contribution in [0.2, 0.25) is 0 Å². The van der Waals surface area contributed by atoms with Crippen LogP contribution >= 0.6 is 0 Å². The highest BCUT2D eigenvalue weighted by Crippen LogP contribution is 2.21. The van der Waals surface area contributed by atoms with Crippen molar-refractivity contribution in [1.82, 2.24) is 4.98 Å². The fourth-order valence-corrected chi connectivity index (χ4v) is 1.52. The summed E-state index contributed by atoms with van der Waals surface area (Å²) in [5.41, 5.74) is 1.82. The summed E-state index contributed by atoms with van der Waals surface area (Å²) in [5.74, 6) is 0.267. The average Bonchev–Trinajstić information content (AvgIpc) is 2.57. The molecule has 0 atom stereocenters. The van der Waals surface area contributed by atoms with Crippen molar-refractivity contribution in [3.05, 3.63) is 30.1 Å². The molecule has 0 spiro atoms. The van der Waals surface area contributed by atoms with Crippen LogP contribution in [0.4, 0.5) is 0 Å². The first-order valence-electron chi connectivity index (χ1n) is 4.25. The second-order valence-corrected chi connectivity index (χ2v) is 3.02. The molecule has 0 unspecified atom stereocenters. The molecule has 0 fully saturated rings. The second kappa shape index (κ2) is 2.97. The molecule has 12 heavy (non-hydrogen) atoms. The Hall–Kier alpha value is -1.31. The van der Waals surface area contributed by atoms with Crippen LogP contribution in [0.1, 0.15) is 25.0 Å². The Morgan fingerprint density at radius 1 is 1.42 bits per heavy atom. The highest BCUT2D eigenvalue weighted by atomic mass is 16.1. The van der Waals surface area contributed by atoms with Gasteiger partial charge in [0, 0.05) is 23.9 Å². The van der Waals surface area contributed by atoms with Gasteiger partial charge in [-0.1, -0.05) is 6.08 Å². The zero-order valence-electron chi connectivity index (χ0n) is 6.84. The highest BCUT2D eigenvalue weighted by molar-refractivity contribution is 6.20. The van der Waals surface area contributed by atoms with Crippen LogP contribution in [0.3, 0.4) is 0 Å². The molecule has 1 aliphatic carbocycles. The van der Waals surface area contributed by atoms with Crippen LogP contribution in [-0.4, -0.2) is 10.8 Å². The fraction of sp³-hybridized carbons (Fsp3) is 0.300. The average molecular weight is 161 g/mol. The lowest BCUT2D eigenvalue weighted by Crippen LogP contribution is -2.05. The van der Waals surface area contributed by atoms with Gasteiger partial charge in [-0.2, -0.15) is 0 Å². The van der Waals surface area contributed by atoms with Gasteiger partial charge in [0.2, 0.25) is 0 Å². The predicted molar refractivity (Wildman–Crippen MR) is 47.6 cm³/mol. The summed E-state index contributed by atoms with van der Waals surface area (Å²) in [6.45, 7) is 0. The molecule has 0 radical (unpaired) electrons. The van der Waals surface area contributed by atoms with E-state index in [0.29, 0.717) is 6.42 Å². The number of H-pyrrole nitrogens is 1. The monoisotopic (exact) mass is 161 g/mol. The molecule has 1 aromatic heterocycles. The lowest BCUT2D eigenvalue weighted by atomic mass is 9.96. The predicted octanol–water partition coefficient (Wildman–Crippen LogP) is 2.15. The largest absolute Gasteiger partial charge is 0.361 e. The number of allylic oxidation sites excluding steroid dienone is 2. The van der Waals surface area contributed by atoms with Gasteiger partial charge < -0.3 is 4.98 Å². The highest BCUT2D eigenvalue weighted by Gasteiger charge is 2.15. The van der Waals surface area contributed by atoms with Gasteiger partial charge in [-0.05, 0) is 25.0 Å². The van der Waals surface area contributed by atoms with Crippen LogP contribution in [0, 0.1) is 0 Å². The van der Waals surface area contributed by atoms with Crippen molar-refractivity contribution in [2.24, 2.45) is 0 Å². The summed E-state index contributed by atoms with van der Waals surface area (Å²) < 4.78 is 0. The summed E-state index contributed by atoms with van der Waals surface area (Å²) >= 11 is 0. The minimum atomic E-state index is 0.267. The van der Waals surface area contributed by atoms with E-state index in [0.717, 1.165) is 24.1 Å². The molecular weight excluding hydrogens is 150 g/mol. The lowest BCUT2D eigenvalue weighted by molar-refractivity contribution is -0.114. The van der Waals surface area contributed by atoms with E-state index in [4.69, 9.17) is 0 Å². The minimum Gasteiger partial charge on any atom is -0.361 e. The zero-order valence-corrected chi connectivity index (χ0v) is 6.84. The first-order chi connectivity index (χ1) is 5.88. The third-order valence-electron chi connectivity index (χ3n) is 2.14. The van der Waals surface area contributed by atoms with Gasteiger partial charge >= 0.3 is 0 Å². The van der Waals surface area contributed by atoms with Gasteiger partial charge in [-0.15, -0.1) is 0 Å². The topological polar surface area (TPSA) is 32.9 Å². The Morgan fingerprint density at radius 2 is 2.33 bits per heavy atom. The molecular formula is C10H11NO. The van der Waals surface area contributed by atoms with Gasteiger partial charge in [0.1, 0.15) is 0 Å². The van der Waals surface area contributed by atoms with E-state index in [1.165, 1.54) is 0 Å². The quantitative estimate of drug-likeness (QED) is 0.672. The van der Waals surface area contributed by atoms with Gasteiger partial charge in [-0.3, -0.25) is 4.79 Å². The minimum absolute atomic E-state index is 0.267. The van der Waals surface area contributed by atoms with E-state index in [1.54, 1.807) is 0 Å². The summed E-state index contributed by atoms with van der Waals surface area (Å²) in [6, 6.07) is 3.85. The maximum atomic E-state index is 11.4. The van der Waals surface area contributed by atoms with Gasteiger partial charge in [0.15, 0.2) is 5.78 Å². The molecule has 2 heteroatoms. The zero-order chi connectivity index (χ0) is 8.39. The fourth-order valence-electron chi connectivity index (χ4n) is 1.52. The number of carbonyl (C=O) groups is 1. The standard InChI is InChI=1S/C10H11NO/c12-10-6-2-1-4-8(10)9-5-3-7-11-9/h3-5,7,11H,1-2,6H2. The summed E-state index contributed by atoms with van der Waals surface area (Å²) in [4.78, 5) is 14.5. The van der Waals surface area contributed by atoms with Crippen LogP contribution < -0.4 is 0 Å². The number of hydrogen-bond acceptors (Lipinski definition) is 1. The van der Waals surface area contributed by atoms with E-state index in [1.807, 2.05) is 24.4 Å². The molecule has 2 nitrogen and oxygen atoms in total. The normalized spacial score (nSPS) is 17.7. The molecule has 2 rings (SSSR count). The van der Waals surface area contributed by atoms with E-state index >= 15 is 0 Å². The van der Waals surface area contributed by atoms with E-state index < -0.39 is 0 Å². The van der Waals surface area contributed by atoms with Gasteiger partial charge in [0.25, 0.3) is 0 Å². The van der Waals surface area contributed by atoms with Gasteiger partial charge in [0.05, 0.1) is 0 Å². The Balaban J connectivity index is 2.34. The molecule has 0 bridgehead atoms. The molecule has 0 amide bonds. The van der Waals surface area contributed by atoms with Crippen molar-refractivity contribution >= 4 is 11.4 Å². The molecule has 1 heterocycles. The van der Waals surface area contributed by atoms with Gasteiger partial charge in [-0.25, -0.2) is 0 Å². The smallest absolute Gasteiger partial charge is 0.164 e. The van der Waals surface area contributed by atoms with Crippen molar-refractivity contribution in [2.75, 3.05) is 0 Å². The maximum Gasteiger partial charge on any atom is 0.164 e. The van der Waals surface area contributed by atoms with Crippen LogP contribution in [0.5, 0.6) is 0 Å². The lowest BCUT2D eigenvalue weighted by Gasteiger charge is -2.09. The summed E-state index contributed by atoms with van der Waals surface area (Å²) in [5, 5.41) is 0. The van der Waals surface area contributed by atoms with Crippen LogP contribution in [0.25, 0.3) is 5.57 Å². The number of carbonyl (C=O) groups excluding carboxylic acids is 1. The number of nitrogens with one attached hydrogen (secondary N) is 1. The molecule has 1 aliphatic rings. The van der Waals surface area contributed by atoms with E-state index in [2.05, 4.69) is 4.98 Å². The number of Topliss-reactive ketones (excluding diaryl/α,β-unsaturated/α-hetero) is 1. The third-order valence-corrected chi connectivity index (χ3v) is 2.14. The Morgan fingerprint density at radius 3 is 3.00 bits per heavy atom. The molecule has 0 saturated carbocycles. The van der Waals surface area contributed by atoms with Crippen LogP contribution in [-0.2, 0) is 4.79 Å². The Labute approximate surface area is 71.3 Å². The number of aromatic nitrogens is 1. The second-order valence-electron chi connectivity index (χ2n) is 3.02. The number of hydrogen-bond donors (Lipinski definition) is 1. The van der Waals surface area contributed by atoms with Crippen molar-refractivity contribution in [2.45, 2.75) is 19.3 Å². The van der Waals surface area contributed by atoms with E-state index in [9.17, 15) is 4.79 Å².